The number of nitrogens with zero attached hydrogens (tertiary/aromatic N) is 2. The maximum absolute atomic E-state index is 4.98. The molecule has 3 nitrogen and oxygen atoms in total. The highest BCUT2D eigenvalue weighted by Gasteiger charge is 2.37. The van der Waals surface area contributed by atoms with Crippen molar-refractivity contribution in [2.75, 3.05) is 26.7 Å². The molecule has 0 bridgehead atoms. The molecule has 264 valence electrons. The number of hydrogen-bond donors (Lipinski definition) is 1. The normalized spacial score (nSPS) is 17.6. The minimum absolute atomic E-state index is 0.475. The number of allylic oxidation sites excluding steroid dienone is 4. The van der Waals surface area contributed by atoms with Crippen LogP contribution in [0.4, 0.5) is 0 Å². The number of nitrogens with one attached hydrogen (secondary N) is 1. The highest BCUT2D eigenvalue weighted by molar-refractivity contribution is 5.76. The van der Waals surface area contributed by atoms with Crippen LogP contribution in [-0.4, -0.2) is 43.2 Å². The molecule has 0 radical (unpaired) electrons. The summed E-state index contributed by atoms with van der Waals surface area (Å²) in [5.41, 5.74) is 0. The summed E-state index contributed by atoms with van der Waals surface area (Å²) >= 11 is 0. The Labute approximate surface area is 284 Å². The molecule has 2 atom stereocenters. The van der Waals surface area contributed by atoms with E-state index in [0.717, 1.165) is 17.6 Å². The van der Waals surface area contributed by atoms with Crippen molar-refractivity contribution >= 4 is 5.84 Å². The summed E-state index contributed by atoms with van der Waals surface area (Å²) in [7, 11) is 2.42. The highest BCUT2D eigenvalue weighted by atomic mass is 15.5. The molecule has 0 aromatic heterocycles. The van der Waals surface area contributed by atoms with E-state index in [0.29, 0.717) is 6.17 Å². The lowest BCUT2D eigenvalue weighted by Crippen LogP contribution is -2.59. The quantitative estimate of drug-likeness (QED) is 0.0428. The van der Waals surface area contributed by atoms with E-state index in [1.165, 1.54) is 199 Å². The predicted molar refractivity (Wildman–Crippen MR) is 204 cm³/mol. The van der Waals surface area contributed by atoms with E-state index in [2.05, 4.69) is 57.4 Å². The second-order valence-corrected chi connectivity index (χ2v) is 14.5. The number of hydrogen-bond acceptors (Lipinski definition) is 2. The number of quaternary nitrogens is 1. The zero-order valence-corrected chi connectivity index (χ0v) is 31.4. The van der Waals surface area contributed by atoms with E-state index in [-0.39, 0.29) is 0 Å². The summed E-state index contributed by atoms with van der Waals surface area (Å²) in [6.07, 6.45) is 49.9. The third-order valence-corrected chi connectivity index (χ3v) is 10.3. The van der Waals surface area contributed by atoms with Crippen molar-refractivity contribution in [1.82, 2.24) is 5.32 Å². The van der Waals surface area contributed by atoms with Crippen molar-refractivity contribution in [3.05, 3.63) is 24.3 Å². The topological polar surface area (TPSA) is 24.4 Å². The first-order chi connectivity index (χ1) is 22.1. The molecule has 0 aromatic carbocycles. The largest absolute Gasteiger partial charge is 0.268 e. The molecule has 0 saturated carbocycles. The van der Waals surface area contributed by atoms with Crippen molar-refractivity contribution in [3.63, 3.8) is 0 Å². The fourth-order valence-corrected chi connectivity index (χ4v) is 6.84. The SMILES string of the molecule is CCCCCCCC/C=C\CCCCCCCCNC(C)[N+]1(C)CCN=C1CCCCCCCC/C=C\CCCCCCCC. The van der Waals surface area contributed by atoms with Gasteiger partial charge in [-0.15, -0.1) is 0 Å². The summed E-state index contributed by atoms with van der Waals surface area (Å²) in [6, 6.07) is 0. The van der Waals surface area contributed by atoms with E-state index >= 15 is 0 Å². The predicted octanol–water partition coefficient (Wildman–Crippen LogP) is 13.2. The fraction of sp³-hybridized carbons (Fsp3) is 0.881. The summed E-state index contributed by atoms with van der Waals surface area (Å²) in [6.45, 7) is 10.3. The number of amidine groups is 1. The second kappa shape index (κ2) is 31.7. The van der Waals surface area contributed by atoms with Gasteiger partial charge in [-0.1, -0.05) is 154 Å². The summed E-state index contributed by atoms with van der Waals surface area (Å²) in [5, 5.41) is 3.88. The molecule has 2 unspecified atom stereocenters. The highest BCUT2D eigenvalue weighted by Crippen LogP contribution is 2.21. The van der Waals surface area contributed by atoms with Crippen molar-refractivity contribution in [1.29, 1.82) is 0 Å². The zero-order chi connectivity index (χ0) is 32.5. The molecule has 1 aliphatic rings. The molecule has 0 amide bonds. The number of likely N-dealkylation sites (N-methyl/N-ethyl adjacent to an activating group) is 1. The number of aliphatic imine (C=N–C) groups is 1. The average molecular weight is 629 g/mol. The van der Waals surface area contributed by atoms with E-state index < -0.39 is 0 Å². The van der Waals surface area contributed by atoms with Crippen LogP contribution in [0.1, 0.15) is 207 Å². The van der Waals surface area contributed by atoms with Gasteiger partial charge in [-0.2, -0.15) is 0 Å². The Kier molecular flexibility index (Phi) is 29.6. The van der Waals surface area contributed by atoms with Crippen LogP contribution in [0.5, 0.6) is 0 Å². The monoisotopic (exact) mass is 629 g/mol. The van der Waals surface area contributed by atoms with Crippen LogP contribution in [0.2, 0.25) is 0 Å². The van der Waals surface area contributed by atoms with Crippen molar-refractivity contribution in [2.24, 2.45) is 4.99 Å². The molecule has 0 aliphatic carbocycles. The van der Waals surface area contributed by atoms with Gasteiger partial charge in [-0.05, 0) is 64.2 Å². The van der Waals surface area contributed by atoms with Gasteiger partial charge in [0.05, 0.1) is 13.6 Å². The Morgan fingerprint density at radius 2 is 0.933 bits per heavy atom. The van der Waals surface area contributed by atoms with Crippen molar-refractivity contribution in [2.45, 2.75) is 213 Å². The first-order valence-electron chi connectivity index (χ1n) is 20.6. The number of rotatable bonds is 34. The summed E-state index contributed by atoms with van der Waals surface area (Å²) in [4.78, 5) is 4.98. The minimum Gasteiger partial charge on any atom is -0.268 e. The molecular formula is C42H82N3+. The van der Waals surface area contributed by atoms with Gasteiger partial charge < -0.3 is 0 Å². The Morgan fingerprint density at radius 1 is 0.556 bits per heavy atom. The Bertz CT molecular complexity index is 711. The first kappa shape index (κ1) is 42.1. The Morgan fingerprint density at radius 3 is 1.38 bits per heavy atom. The van der Waals surface area contributed by atoms with Gasteiger partial charge in [0, 0.05) is 19.9 Å². The lowest BCUT2D eigenvalue weighted by atomic mass is 10.1. The molecule has 45 heavy (non-hydrogen) atoms. The van der Waals surface area contributed by atoms with Crippen LogP contribution < -0.4 is 5.32 Å². The molecule has 1 rings (SSSR count). The minimum atomic E-state index is 0.475. The molecule has 3 heteroatoms. The van der Waals surface area contributed by atoms with E-state index in [1.807, 2.05) is 0 Å². The Hall–Kier alpha value is -0.930. The zero-order valence-electron chi connectivity index (χ0n) is 31.4. The molecule has 1 heterocycles. The lowest BCUT2D eigenvalue weighted by Gasteiger charge is -2.36. The van der Waals surface area contributed by atoms with Crippen molar-refractivity contribution < 1.29 is 4.48 Å². The molecular weight excluding hydrogens is 546 g/mol. The maximum Gasteiger partial charge on any atom is 0.199 e. The number of unbranched alkanes of at least 4 members (excludes halogenated alkanes) is 24. The van der Waals surface area contributed by atoms with E-state index in [1.54, 1.807) is 0 Å². The third kappa shape index (κ3) is 24.0. The second-order valence-electron chi connectivity index (χ2n) is 14.5. The fourth-order valence-electron chi connectivity index (χ4n) is 6.84. The van der Waals surface area contributed by atoms with Gasteiger partial charge in [0.2, 0.25) is 0 Å². The average Bonchev–Trinajstić information content (AvgIpc) is 3.43. The first-order valence-corrected chi connectivity index (χ1v) is 20.6. The van der Waals surface area contributed by atoms with Crippen LogP contribution in [0, 0.1) is 0 Å². The van der Waals surface area contributed by atoms with E-state index in [4.69, 9.17) is 4.99 Å². The summed E-state index contributed by atoms with van der Waals surface area (Å²) < 4.78 is 1.03. The van der Waals surface area contributed by atoms with Crippen LogP contribution in [-0.2, 0) is 0 Å². The van der Waals surface area contributed by atoms with Gasteiger partial charge in [0.25, 0.3) is 0 Å². The molecule has 1 aliphatic heterocycles. The van der Waals surface area contributed by atoms with Gasteiger partial charge in [0.1, 0.15) is 12.7 Å². The van der Waals surface area contributed by atoms with E-state index in [9.17, 15) is 0 Å². The molecule has 0 spiro atoms. The van der Waals surface area contributed by atoms with Crippen LogP contribution in [0.15, 0.2) is 29.3 Å². The molecule has 0 fully saturated rings. The van der Waals surface area contributed by atoms with Gasteiger partial charge in [-0.25, -0.2) is 4.99 Å². The molecule has 0 aromatic rings. The third-order valence-electron chi connectivity index (χ3n) is 10.3. The maximum atomic E-state index is 4.98. The lowest BCUT2D eigenvalue weighted by molar-refractivity contribution is -0.844. The summed E-state index contributed by atoms with van der Waals surface area (Å²) in [5.74, 6) is 1.45. The van der Waals surface area contributed by atoms with Crippen molar-refractivity contribution in [3.8, 4) is 0 Å². The van der Waals surface area contributed by atoms with Crippen LogP contribution >= 0.6 is 0 Å². The van der Waals surface area contributed by atoms with Gasteiger partial charge >= 0.3 is 0 Å². The van der Waals surface area contributed by atoms with Gasteiger partial charge in [-0.3, -0.25) is 9.80 Å². The smallest absolute Gasteiger partial charge is 0.199 e. The Balaban J connectivity index is 1.96. The standard InChI is InChI=1S/C42H82N3/c1-5-7-9-11-13-15-17-19-21-23-25-27-29-31-33-35-37-42-44-39-40-45(42,4)41(3)43-38-36-34-32-30-28-26-24-22-20-18-16-14-12-10-8-6-2/h19-22,41,43H,5-18,23-40H2,1-4H3/q+1/b21-19-,22-20-. The van der Waals surface area contributed by atoms with Crippen LogP contribution in [0.3, 0.4) is 0 Å². The molecule has 0 saturated heterocycles. The molecule has 1 N–H and O–H groups in total. The van der Waals surface area contributed by atoms with Gasteiger partial charge in [0.15, 0.2) is 5.84 Å². The van der Waals surface area contributed by atoms with Crippen LogP contribution in [0.25, 0.3) is 0 Å².